The van der Waals surface area contributed by atoms with Gasteiger partial charge in [-0.3, -0.25) is 4.79 Å². The largest absolute Gasteiger partial charge is 0.288 e. The van der Waals surface area contributed by atoms with Gasteiger partial charge in [0.05, 0.1) is 5.56 Å². The molecular weight excluding hydrogens is 275 g/mol. The van der Waals surface area contributed by atoms with Crippen LogP contribution in [0.1, 0.15) is 35.3 Å². The molecule has 0 N–H and O–H groups in total. The fraction of sp³-hybridized carbons (Fsp3) is 0.235. The molecule has 0 unspecified atom stereocenters. The van der Waals surface area contributed by atoms with Crippen LogP contribution in [0.5, 0.6) is 0 Å². The lowest BCUT2D eigenvalue weighted by Gasteiger charge is -2.08. The maximum Gasteiger partial charge on any atom is 0.195 e. The number of carbonyl (C=O) groups excluding carboxylic acids is 1. The number of hydrogen-bond acceptors (Lipinski definition) is 1. The number of rotatable bonds is 4. The lowest BCUT2D eigenvalue weighted by Crippen LogP contribution is -2.05. The average Bonchev–Trinajstić information content (AvgIpc) is 2.37. The first-order chi connectivity index (χ1) is 9.47. The molecule has 0 aliphatic rings. The van der Waals surface area contributed by atoms with E-state index in [0.29, 0.717) is 11.5 Å². The molecule has 0 spiro atoms. The summed E-state index contributed by atoms with van der Waals surface area (Å²) in [6.07, 6.45) is 0.893. The third-order valence-electron chi connectivity index (χ3n) is 3.01. The highest BCUT2D eigenvalue weighted by molar-refractivity contribution is 6.30. The smallest absolute Gasteiger partial charge is 0.195 e. The fourth-order valence-corrected chi connectivity index (χ4v) is 2.30. The van der Waals surface area contributed by atoms with Crippen molar-refractivity contribution >= 4 is 17.4 Å². The predicted octanol–water partition coefficient (Wildman–Crippen LogP) is 4.91. The van der Waals surface area contributed by atoms with Gasteiger partial charge in [0.15, 0.2) is 5.78 Å². The summed E-state index contributed by atoms with van der Waals surface area (Å²) in [6.45, 7) is 4.24. The molecule has 0 aromatic heterocycles. The van der Waals surface area contributed by atoms with Crippen molar-refractivity contribution in [1.82, 2.24) is 0 Å². The average molecular weight is 291 g/mol. The van der Waals surface area contributed by atoms with Crippen LogP contribution in [0.25, 0.3) is 0 Å². The number of ketones is 1. The molecule has 0 saturated heterocycles. The van der Waals surface area contributed by atoms with E-state index in [-0.39, 0.29) is 16.4 Å². The van der Waals surface area contributed by atoms with Crippen molar-refractivity contribution in [3.05, 3.63) is 70.0 Å². The van der Waals surface area contributed by atoms with Crippen LogP contribution in [-0.2, 0) is 6.42 Å². The Morgan fingerprint density at radius 3 is 2.60 bits per heavy atom. The highest BCUT2D eigenvalue weighted by Crippen LogP contribution is 2.19. The van der Waals surface area contributed by atoms with Crippen molar-refractivity contribution in [3.8, 4) is 0 Å². The molecule has 0 radical (unpaired) electrons. The molecule has 1 nitrogen and oxygen atoms in total. The van der Waals surface area contributed by atoms with Gasteiger partial charge >= 0.3 is 0 Å². The molecule has 0 amide bonds. The molecule has 104 valence electrons. The lowest BCUT2D eigenvalue weighted by atomic mass is 9.97. The topological polar surface area (TPSA) is 17.1 Å². The monoisotopic (exact) mass is 290 g/mol. The Kier molecular flexibility index (Phi) is 4.56. The highest BCUT2D eigenvalue weighted by atomic mass is 35.5. The van der Waals surface area contributed by atoms with E-state index in [4.69, 9.17) is 11.6 Å². The van der Waals surface area contributed by atoms with Gasteiger partial charge in [0.25, 0.3) is 0 Å². The van der Waals surface area contributed by atoms with Crippen molar-refractivity contribution < 1.29 is 9.18 Å². The predicted molar refractivity (Wildman–Crippen MR) is 79.8 cm³/mol. The third kappa shape index (κ3) is 3.45. The van der Waals surface area contributed by atoms with Crippen LogP contribution in [0.3, 0.4) is 0 Å². The SMILES string of the molecule is CC(C)Cc1cccc(C(=O)c2ccc(Cl)cc2F)c1. The number of carbonyl (C=O) groups is 1. The number of halogens is 2. The summed E-state index contributed by atoms with van der Waals surface area (Å²) < 4.78 is 13.8. The zero-order valence-corrected chi connectivity index (χ0v) is 12.2. The minimum absolute atomic E-state index is 0.0519. The Hall–Kier alpha value is -1.67. The molecule has 0 heterocycles. The van der Waals surface area contributed by atoms with Crippen molar-refractivity contribution in [1.29, 1.82) is 0 Å². The molecule has 2 rings (SSSR count). The van der Waals surface area contributed by atoms with Crippen LogP contribution in [0.15, 0.2) is 42.5 Å². The Morgan fingerprint density at radius 2 is 1.95 bits per heavy atom. The van der Waals surface area contributed by atoms with E-state index in [1.807, 2.05) is 18.2 Å². The summed E-state index contributed by atoms with van der Waals surface area (Å²) >= 11 is 5.70. The van der Waals surface area contributed by atoms with Gasteiger partial charge < -0.3 is 0 Å². The first-order valence-corrected chi connectivity index (χ1v) is 6.94. The molecule has 0 fully saturated rings. The minimum atomic E-state index is -0.586. The van der Waals surface area contributed by atoms with Gasteiger partial charge in [-0.25, -0.2) is 4.39 Å². The van der Waals surface area contributed by atoms with E-state index in [2.05, 4.69) is 13.8 Å². The van der Waals surface area contributed by atoms with Crippen LogP contribution < -0.4 is 0 Å². The lowest BCUT2D eigenvalue weighted by molar-refractivity contribution is 0.103. The maximum absolute atomic E-state index is 13.8. The Balaban J connectivity index is 2.33. The van der Waals surface area contributed by atoms with Gasteiger partial charge in [-0.2, -0.15) is 0 Å². The van der Waals surface area contributed by atoms with E-state index >= 15 is 0 Å². The van der Waals surface area contributed by atoms with E-state index in [9.17, 15) is 9.18 Å². The van der Waals surface area contributed by atoms with E-state index in [1.54, 1.807) is 6.07 Å². The van der Waals surface area contributed by atoms with Crippen LogP contribution in [-0.4, -0.2) is 5.78 Å². The van der Waals surface area contributed by atoms with Crippen molar-refractivity contribution in [3.63, 3.8) is 0 Å². The van der Waals surface area contributed by atoms with Crippen LogP contribution in [0.4, 0.5) is 4.39 Å². The molecule has 0 saturated carbocycles. The van der Waals surface area contributed by atoms with Gasteiger partial charge in [0.1, 0.15) is 5.82 Å². The van der Waals surface area contributed by atoms with E-state index in [0.717, 1.165) is 18.1 Å². The highest BCUT2D eigenvalue weighted by Gasteiger charge is 2.14. The Bertz CT molecular complexity index is 635. The molecule has 0 aliphatic carbocycles. The second-order valence-corrected chi connectivity index (χ2v) is 5.69. The van der Waals surface area contributed by atoms with E-state index < -0.39 is 5.82 Å². The Labute approximate surface area is 123 Å². The number of benzene rings is 2. The minimum Gasteiger partial charge on any atom is -0.288 e. The summed E-state index contributed by atoms with van der Waals surface area (Å²) in [5.41, 5.74) is 1.64. The van der Waals surface area contributed by atoms with Crippen LogP contribution >= 0.6 is 11.6 Å². The molecule has 0 atom stereocenters. The summed E-state index contributed by atoms with van der Waals surface area (Å²) in [4.78, 5) is 12.3. The molecule has 3 heteroatoms. The molecule has 0 aliphatic heterocycles. The second kappa shape index (κ2) is 6.19. The van der Waals surface area contributed by atoms with Gasteiger partial charge in [0, 0.05) is 10.6 Å². The van der Waals surface area contributed by atoms with Crippen molar-refractivity contribution in [2.45, 2.75) is 20.3 Å². The zero-order chi connectivity index (χ0) is 14.7. The number of hydrogen-bond donors (Lipinski definition) is 0. The van der Waals surface area contributed by atoms with Crippen molar-refractivity contribution in [2.24, 2.45) is 5.92 Å². The summed E-state index contributed by atoms with van der Waals surface area (Å²) in [5.74, 6) is -0.394. The van der Waals surface area contributed by atoms with Gasteiger partial charge in [-0.05, 0) is 42.2 Å². The quantitative estimate of drug-likeness (QED) is 0.731. The summed E-state index contributed by atoms with van der Waals surface area (Å²) in [6, 6.07) is 11.5. The molecule has 2 aromatic rings. The molecule has 20 heavy (non-hydrogen) atoms. The Morgan fingerprint density at radius 1 is 1.20 bits per heavy atom. The molecule has 2 aromatic carbocycles. The van der Waals surface area contributed by atoms with Gasteiger partial charge in [-0.15, -0.1) is 0 Å². The van der Waals surface area contributed by atoms with E-state index in [1.165, 1.54) is 12.1 Å². The second-order valence-electron chi connectivity index (χ2n) is 5.25. The standard InChI is InChI=1S/C17H16ClFO/c1-11(2)8-12-4-3-5-13(9-12)17(20)15-7-6-14(18)10-16(15)19/h3-7,9-11H,8H2,1-2H3. The summed E-state index contributed by atoms with van der Waals surface area (Å²) in [7, 11) is 0. The molecule has 0 bridgehead atoms. The first kappa shape index (κ1) is 14.7. The van der Waals surface area contributed by atoms with Gasteiger partial charge in [-0.1, -0.05) is 43.6 Å². The first-order valence-electron chi connectivity index (χ1n) is 6.56. The van der Waals surface area contributed by atoms with Crippen LogP contribution in [0, 0.1) is 11.7 Å². The normalized spacial score (nSPS) is 10.8. The maximum atomic E-state index is 13.8. The van der Waals surface area contributed by atoms with Gasteiger partial charge in [0.2, 0.25) is 0 Å². The van der Waals surface area contributed by atoms with Crippen LogP contribution in [0.2, 0.25) is 5.02 Å². The zero-order valence-electron chi connectivity index (χ0n) is 11.5. The third-order valence-corrected chi connectivity index (χ3v) is 3.24. The molecular formula is C17H16ClFO. The van der Waals surface area contributed by atoms with Crippen molar-refractivity contribution in [2.75, 3.05) is 0 Å². The summed E-state index contributed by atoms with van der Waals surface area (Å²) in [5, 5.41) is 0.285. The fourth-order valence-electron chi connectivity index (χ4n) is 2.14.